The van der Waals surface area contributed by atoms with Crippen molar-refractivity contribution in [2.24, 2.45) is 0 Å². The fourth-order valence-corrected chi connectivity index (χ4v) is 3.57. The van der Waals surface area contributed by atoms with Crippen LogP contribution < -0.4 is 4.46 Å². The van der Waals surface area contributed by atoms with Gasteiger partial charge in [-0.3, -0.25) is 0 Å². The minimum atomic E-state index is 0.529. The molecule has 0 fully saturated rings. The first-order valence-electron chi connectivity index (χ1n) is 7.80. The van der Waals surface area contributed by atoms with E-state index < -0.39 is 0 Å². The standard InChI is InChI=1S/C18H28Se/c1-2-3-4-5-6-7-8-9-10-14-17-19-18-15-12-11-13-16-18/h11-17H,2-10H2,1H3/b17-14+. The molecule has 0 saturated heterocycles. The van der Waals surface area contributed by atoms with Crippen molar-refractivity contribution < 1.29 is 0 Å². The summed E-state index contributed by atoms with van der Waals surface area (Å²) in [7, 11) is 0. The molecule has 0 amide bonds. The minimum absolute atomic E-state index is 0.529. The average molecular weight is 323 g/mol. The van der Waals surface area contributed by atoms with E-state index in [1.54, 1.807) is 0 Å². The van der Waals surface area contributed by atoms with E-state index in [9.17, 15) is 0 Å². The fourth-order valence-electron chi connectivity index (χ4n) is 2.09. The van der Waals surface area contributed by atoms with Crippen LogP contribution in [0.3, 0.4) is 0 Å². The summed E-state index contributed by atoms with van der Waals surface area (Å²) in [5.41, 5.74) is 0. The molecule has 0 aliphatic heterocycles. The first-order valence-corrected chi connectivity index (χ1v) is 9.64. The Morgan fingerprint density at radius 3 is 2.16 bits per heavy atom. The molecule has 0 radical (unpaired) electrons. The normalized spacial score (nSPS) is 11.2. The second-order valence-electron chi connectivity index (χ2n) is 5.07. The van der Waals surface area contributed by atoms with Crippen LogP contribution in [0.5, 0.6) is 0 Å². The molecule has 1 aromatic carbocycles. The fraction of sp³-hybridized carbons (Fsp3) is 0.556. The summed E-state index contributed by atoms with van der Waals surface area (Å²) in [6.45, 7) is 2.28. The Hall–Kier alpha value is -0.521. The summed E-state index contributed by atoms with van der Waals surface area (Å²) in [6, 6.07) is 10.8. The quantitative estimate of drug-likeness (QED) is 0.394. The summed E-state index contributed by atoms with van der Waals surface area (Å²) >= 11 is 0.529. The van der Waals surface area contributed by atoms with Gasteiger partial charge in [0.15, 0.2) is 0 Å². The molecule has 1 aromatic rings. The Morgan fingerprint density at radius 1 is 0.842 bits per heavy atom. The Labute approximate surface area is 125 Å². The van der Waals surface area contributed by atoms with Gasteiger partial charge in [-0.15, -0.1) is 0 Å². The van der Waals surface area contributed by atoms with Crippen LogP contribution in [-0.4, -0.2) is 15.0 Å². The van der Waals surface area contributed by atoms with Crippen molar-refractivity contribution in [1.82, 2.24) is 0 Å². The van der Waals surface area contributed by atoms with Crippen molar-refractivity contribution >= 4 is 19.4 Å². The molecule has 0 spiro atoms. The second kappa shape index (κ2) is 12.5. The number of unbranched alkanes of at least 4 members (excludes halogenated alkanes) is 8. The molecule has 0 nitrogen and oxygen atoms in total. The molecule has 0 saturated carbocycles. The zero-order valence-electron chi connectivity index (χ0n) is 12.3. The van der Waals surface area contributed by atoms with Crippen molar-refractivity contribution in [3.8, 4) is 0 Å². The van der Waals surface area contributed by atoms with Gasteiger partial charge in [-0.25, -0.2) is 0 Å². The van der Waals surface area contributed by atoms with Gasteiger partial charge in [-0.1, -0.05) is 0 Å². The number of allylic oxidation sites excluding steroid dienone is 1. The molecular weight excluding hydrogens is 295 g/mol. The summed E-state index contributed by atoms with van der Waals surface area (Å²) in [6.07, 6.45) is 15.0. The molecule has 0 heterocycles. The van der Waals surface area contributed by atoms with Crippen molar-refractivity contribution in [1.29, 1.82) is 0 Å². The topological polar surface area (TPSA) is 0 Å². The second-order valence-corrected chi connectivity index (χ2v) is 7.12. The van der Waals surface area contributed by atoms with Gasteiger partial charge in [0, 0.05) is 0 Å². The van der Waals surface area contributed by atoms with E-state index in [0.717, 1.165) is 0 Å². The van der Waals surface area contributed by atoms with Crippen molar-refractivity contribution in [2.75, 3.05) is 0 Å². The van der Waals surface area contributed by atoms with Gasteiger partial charge in [0.1, 0.15) is 0 Å². The maximum atomic E-state index is 2.38. The SMILES string of the molecule is CCCCCCCCCC/C=C/[Se]c1ccccc1. The molecule has 0 N–H and O–H groups in total. The predicted molar refractivity (Wildman–Crippen MR) is 88.2 cm³/mol. The molecule has 1 heteroatoms. The van der Waals surface area contributed by atoms with Crippen LogP contribution in [0, 0.1) is 0 Å². The number of rotatable bonds is 11. The van der Waals surface area contributed by atoms with E-state index in [0.29, 0.717) is 15.0 Å². The summed E-state index contributed by atoms with van der Waals surface area (Å²) in [4.78, 5) is 2.38. The van der Waals surface area contributed by atoms with E-state index in [1.807, 2.05) is 0 Å². The predicted octanol–water partition coefficient (Wildman–Crippen LogP) is 5.06. The van der Waals surface area contributed by atoms with Gasteiger partial charge in [-0.2, -0.15) is 0 Å². The van der Waals surface area contributed by atoms with Crippen LogP contribution in [0.2, 0.25) is 0 Å². The van der Waals surface area contributed by atoms with Crippen LogP contribution >= 0.6 is 0 Å². The number of benzene rings is 1. The Balaban J connectivity index is 1.88. The molecule has 0 atom stereocenters. The van der Waals surface area contributed by atoms with E-state index in [-0.39, 0.29) is 0 Å². The van der Waals surface area contributed by atoms with Crippen LogP contribution in [-0.2, 0) is 0 Å². The molecule has 0 aromatic heterocycles. The zero-order valence-corrected chi connectivity index (χ0v) is 14.0. The van der Waals surface area contributed by atoms with E-state index in [1.165, 1.54) is 62.2 Å². The Bertz CT molecular complexity index is 316. The number of hydrogen-bond acceptors (Lipinski definition) is 0. The third kappa shape index (κ3) is 9.99. The van der Waals surface area contributed by atoms with Gasteiger partial charge in [0.2, 0.25) is 0 Å². The maximum absolute atomic E-state index is 2.38. The molecule has 0 bridgehead atoms. The molecule has 0 unspecified atom stereocenters. The summed E-state index contributed by atoms with van der Waals surface area (Å²) in [5, 5.41) is 0. The monoisotopic (exact) mass is 324 g/mol. The van der Waals surface area contributed by atoms with Crippen LogP contribution in [0.1, 0.15) is 64.7 Å². The Kier molecular flexibility index (Phi) is 10.9. The van der Waals surface area contributed by atoms with E-state index in [2.05, 4.69) is 48.3 Å². The van der Waals surface area contributed by atoms with Crippen molar-refractivity contribution in [2.45, 2.75) is 64.7 Å². The molecular formula is C18H28Se. The first-order chi connectivity index (χ1) is 9.43. The van der Waals surface area contributed by atoms with Gasteiger partial charge in [-0.05, 0) is 0 Å². The zero-order chi connectivity index (χ0) is 13.6. The summed E-state index contributed by atoms with van der Waals surface area (Å²) < 4.78 is 1.47. The van der Waals surface area contributed by atoms with Gasteiger partial charge < -0.3 is 0 Å². The summed E-state index contributed by atoms with van der Waals surface area (Å²) in [5.74, 6) is 0. The first kappa shape index (κ1) is 16.5. The third-order valence-electron chi connectivity index (χ3n) is 3.27. The van der Waals surface area contributed by atoms with E-state index in [4.69, 9.17) is 0 Å². The Morgan fingerprint density at radius 2 is 1.47 bits per heavy atom. The van der Waals surface area contributed by atoms with Gasteiger partial charge in [0.25, 0.3) is 0 Å². The van der Waals surface area contributed by atoms with E-state index >= 15 is 0 Å². The van der Waals surface area contributed by atoms with Crippen molar-refractivity contribution in [3.63, 3.8) is 0 Å². The molecule has 0 aliphatic carbocycles. The number of hydrogen-bond donors (Lipinski definition) is 0. The van der Waals surface area contributed by atoms with Crippen LogP contribution in [0.4, 0.5) is 0 Å². The van der Waals surface area contributed by atoms with Crippen molar-refractivity contribution in [3.05, 3.63) is 41.4 Å². The molecule has 106 valence electrons. The van der Waals surface area contributed by atoms with Gasteiger partial charge >= 0.3 is 126 Å². The molecule has 1 rings (SSSR count). The molecule has 19 heavy (non-hydrogen) atoms. The average Bonchev–Trinajstić information content (AvgIpc) is 2.46. The van der Waals surface area contributed by atoms with Gasteiger partial charge in [0.05, 0.1) is 0 Å². The van der Waals surface area contributed by atoms with Crippen LogP contribution in [0.25, 0.3) is 0 Å². The third-order valence-corrected chi connectivity index (χ3v) is 5.10. The molecule has 0 aliphatic rings. The van der Waals surface area contributed by atoms with Crippen LogP contribution in [0.15, 0.2) is 41.4 Å².